The molecule has 4 aromatic heterocycles. The third kappa shape index (κ3) is 6.96. The smallest absolute Gasteiger partial charge is 0.329 e. The van der Waals surface area contributed by atoms with Crippen LogP contribution in [0.5, 0.6) is 5.75 Å². The van der Waals surface area contributed by atoms with E-state index in [-0.39, 0.29) is 54.7 Å². The van der Waals surface area contributed by atoms with Gasteiger partial charge in [-0.1, -0.05) is 0 Å². The first-order chi connectivity index (χ1) is 27.7. The van der Waals surface area contributed by atoms with Gasteiger partial charge < -0.3 is 15.0 Å². The van der Waals surface area contributed by atoms with Crippen LogP contribution in [0.15, 0.2) is 47.8 Å². The van der Waals surface area contributed by atoms with Gasteiger partial charge in [0.1, 0.15) is 23.0 Å². The molecule has 1 aliphatic carbocycles. The van der Waals surface area contributed by atoms with Crippen LogP contribution in [0, 0.1) is 5.92 Å². The monoisotopic (exact) mass is 809 g/mol. The highest BCUT2D eigenvalue weighted by atomic mass is 19.3. The van der Waals surface area contributed by atoms with E-state index < -0.39 is 60.1 Å². The van der Waals surface area contributed by atoms with Crippen molar-refractivity contribution in [2.75, 3.05) is 44.0 Å². The molecule has 0 spiro atoms. The first-order valence-corrected chi connectivity index (χ1v) is 19.2. The van der Waals surface area contributed by atoms with Crippen LogP contribution in [0.3, 0.4) is 0 Å². The number of nitrogens with one attached hydrogen (secondary N) is 2. The summed E-state index contributed by atoms with van der Waals surface area (Å²) in [7, 11) is 4.64. The van der Waals surface area contributed by atoms with Gasteiger partial charge in [0, 0.05) is 45.1 Å². The molecule has 1 unspecified atom stereocenters. The molecule has 0 bridgehead atoms. The molecule has 3 aliphatic rings. The van der Waals surface area contributed by atoms with Crippen molar-refractivity contribution in [3.63, 3.8) is 0 Å². The van der Waals surface area contributed by atoms with Crippen LogP contribution in [0.1, 0.15) is 79.5 Å². The second-order valence-electron chi connectivity index (χ2n) is 15.4. The van der Waals surface area contributed by atoms with Crippen LogP contribution >= 0.6 is 0 Å². The quantitative estimate of drug-likeness (QED) is 0.153. The number of carbonyl (C=O) groups excluding carboxylic acids is 3. The predicted molar refractivity (Wildman–Crippen MR) is 202 cm³/mol. The van der Waals surface area contributed by atoms with Crippen molar-refractivity contribution in [1.82, 2.24) is 43.7 Å². The molecule has 2 aliphatic heterocycles. The van der Waals surface area contributed by atoms with E-state index in [0.717, 1.165) is 0 Å². The molecule has 1 aromatic carbocycles. The Morgan fingerprint density at radius 1 is 1.12 bits per heavy atom. The molecule has 2 atom stereocenters. The Labute approximate surface area is 328 Å². The highest BCUT2D eigenvalue weighted by Crippen LogP contribution is 2.43. The number of hydrogen-bond acceptors (Lipinski definition) is 10. The van der Waals surface area contributed by atoms with Gasteiger partial charge in [-0.25, -0.2) is 31.9 Å². The van der Waals surface area contributed by atoms with Crippen LogP contribution in [0.4, 0.5) is 28.9 Å². The number of anilines is 2. The molecule has 0 radical (unpaired) electrons. The first-order valence-electron chi connectivity index (χ1n) is 19.2. The minimum absolute atomic E-state index is 0.0653. The fourth-order valence-corrected chi connectivity index (χ4v) is 8.95. The van der Waals surface area contributed by atoms with Crippen molar-refractivity contribution in [2.45, 2.75) is 75.4 Å². The fraction of sp³-hybridized carbons (Fsp3) is 0.500. The largest absolute Gasteiger partial charge is 0.494 e. The second kappa shape index (κ2) is 15.2. The van der Waals surface area contributed by atoms with Crippen LogP contribution in [0.2, 0.25) is 0 Å². The number of piperidine rings is 2. The Hall–Kier alpha value is -5.79. The summed E-state index contributed by atoms with van der Waals surface area (Å²) in [5, 5.41) is 13.1. The van der Waals surface area contributed by atoms with Crippen LogP contribution in [-0.2, 0) is 16.6 Å². The minimum Gasteiger partial charge on any atom is -0.494 e. The minimum atomic E-state index is -3.16. The number of fused-ring (bicyclic) bond motifs is 2. The zero-order valence-corrected chi connectivity index (χ0v) is 32.1. The summed E-state index contributed by atoms with van der Waals surface area (Å²) in [5.74, 6) is -4.43. The molecule has 6 heterocycles. The van der Waals surface area contributed by atoms with Gasteiger partial charge in [-0.15, -0.1) is 0 Å². The van der Waals surface area contributed by atoms with Gasteiger partial charge in [0.25, 0.3) is 18.3 Å². The number of imidazole rings is 1. The van der Waals surface area contributed by atoms with Crippen LogP contribution in [-0.4, -0.2) is 102 Å². The number of nitrogens with zero attached hydrogens (tertiary/aromatic N) is 9. The lowest BCUT2D eigenvalue weighted by molar-refractivity contribution is -0.135. The number of methoxy groups -OCH3 is 1. The molecule has 3 fully saturated rings. The molecular weight excluding hydrogens is 766 g/mol. The number of aromatic nitrogens is 7. The number of alkyl halides is 4. The molecule has 2 N–H and O–H groups in total. The number of aryl methyl sites for hydroxylation is 1. The summed E-state index contributed by atoms with van der Waals surface area (Å²) < 4.78 is 71.8. The summed E-state index contributed by atoms with van der Waals surface area (Å²) in [6, 6.07) is 2.65. The number of amides is 3. The molecule has 58 heavy (non-hydrogen) atoms. The molecule has 308 valence electrons. The highest BCUT2D eigenvalue weighted by molar-refractivity contribution is 6.08. The number of halogens is 4. The zero-order valence-electron chi connectivity index (χ0n) is 32.1. The van der Waals surface area contributed by atoms with E-state index in [1.54, 1.807) is 36.3 Å². The van der Waals surface area contributed by atoms with E-state index in [1.165, 1.54) is 56.0 Å². The van der Waals surface area contributed by atoms with Crippen molar-refractivity contribution in [1.29, 1.82) is 0 Å². The lowest BCUT2D eigenvalue weighted by Crippen LogP contribution is -2.58. The summed E-state index contributed by atoms with van der Waals surface area (Å²) in [4.78, 5) is 58.6. The number of hydrogen-bond donors (Lipinski definition) is 2. The standard InChI is InChI=1S/C38H43F4N11O5/c1-48(18-21-5-7-22(8-6-21)52-19-24(30(47-52)33(39)40)45-35(55)23-17-44-51-15-4-14-43-34(23)51)28-13-16-50(20-38(28,41)42)32-27(58-3)11-9-25-31(32)49(2)37(57)53(25)26-10-12-29(54)46-36(26)56/h4,9,11,14-15,17,19,21-22,26,28,33H,5-8,10,12-13,16,18,20H2,1-3H3,(H,45,55)(H,46,54,56)/t21?,22?,26?,28-/m0/s1. The number of rotatable bonds is 10. The van der Waals surface area contributed by atoms with Crippen molar-refractivity contribution in [2.24, 2.45) is 13.0 Å². The topological polar surface area (TPSA) is 166 Å². The van der Waals surface area contributed by atoms with Gasteiger partial charge in [0.05, 0.1) is 48.7 Å². The Morgan fingerprint density at radius 2 is 1.90 bits per heavy atom. The predicted octanol–water partition coefficient (Wildman–Crippen LogP) is 4.33. The average Bonchev–Trinajstić information content (AvgIpc) is 3.89. The van der Waals surface area contributed by atoms with E-state index in [4.69, 9.17) is 4.74 Å². The highest BCUT2D eigenvalue weighted by Gasteiger charge is 2.48. The van der Waals surface area contributed by atoms with Crippen LogP contribution < -0.4 is 26.0 Å². The molecule has 16 nitrogen and oxygen atoms in total. The van der Waals surface area contributed by atoms with Gasteiger partial charge in [-0.2, -0.15) is 10.2 Å². The summed E-state index contributed by atoms with van der Waals surface area (Å²) in [6.07, 6.45) is 5.73. The van der Waals surface area contributed by atoms with Gasteiger partial charge in [-0.3, -0.25) is 38.4 Å². The van der Waals surface area contributed by atoms with Gasteiger partial charge in [0.15, 0.2) is 11.3 Å². The average molecular weight is 810 g/mol. The first kappa shape index (κ1) is 39.1. The van der Waals surface area contributed by atoms with Gasteiger partial charge in [-0.05, 0) is 69.7 Å². The molecular formula is C38H43F4N11O5. The SMILES string of the molecule is COc1ccc2c(c1N1CC[C@H](N(C)CC3CCC(n4cc(NC(=O)c5cnn6cccnc56)c(C(F)F)n4)CC3)C(F)(F)C1)n(C)c(=O)n2C1CCC(=O)NC1=O. The molecule has 5 aromatic rings. The van der Waals surface area contributed by atoms with Crippen molar-refractivity contribution < 1.29 is 36.7 Å². The van der Waals surface area contributed by atoms with E-state index >= 15 is 8.78 Å². The summed E-state index contributed by atoms with van der Waals surface area (Å²) >= 11 is 0. The number of ether oxygens (including phenoxy) is 1. The molecule has 3 amide bonds. The maximum atomic E-state index is 16.3. The summed E-state index contributed by atoms with van der Waals surface area (Å²) in [6.45, 7) is 0.00921. The Morgan fingerprint density at radius 3 is 2.60 bits per heavy atom. The van der Waals surface area contributed by atoms with Crippen LogP contribution in [0.25, 0.3) is 16.7 Å². The number of carbonyl (C=O) groups is 3. The molecule has 8 rings (SSSR count). The van der Waals surface area contributed by atoms with Crippen molar-refractivity contribution in [3.8, 4) is 5.75 Å². The van der Waals surface area contributed by atoms with E-state index in [0.29, 0.717) is 54.7 Å². The third-order valence-corrected chi connectivity index (χ3v) is 11.8. The molecule has 2 saturated heterocycles. The third-order valence-electron chi connectivity index (χ3n) is 11.8. The van der Waals surface area contributed by atoms with E-state index in [2.05, 4.69) is 25.8 Å². The maximum absolute atomic E-state index is 16.3. The molecule has 1 saturated carbocycles. The van der Waals surface area contributed by atoms with Crippen molar-refractivity contribution in [3.05, 3.63) is 64.7 Å². The summed E-state index contributed by atoms with van der Waals surface area (Å²) in [5.41, 5.74) is 0.298. The number of benzene rings is 1. The van der Waals surface area contributed by atoms with E-state index in [9.17, 15) is 28.0 Å². The normalized spacial score (nSPS) is 22.6. The lowest BCUT2D eigenvalue weighted by Gasteiger charge is -2.44. The Bertz CT molecular complexity index is 2450. The van der Waals surface area contributed by atoms with E-state index in [1.807, 2.05) is 0 Å². The fourth-order valence-electron chi connectivity index (χ4n) is 8.95. The zero-order chi connectivity index (χ0) is 41.0. The molecule has 20 heteroatoms. The lowest BCUT2D eigenvalue weighted by atomic mass is 9.85. The number of imide groups is 1. The Balaban J connectivity index is 0.925. The maximum Gasteiger partial charge on any atom is 0.329 e. The Kier molecular flexibility index (Phi) is 10.2. The van der Waals surface area contributed by atoms with Gasteiger partial charge >= 0.3 is 5.69 Å². The van der Waals surface area contributed by atoms with Crippen molar-refractivity contribution >= 4 is 45.8 Å². The van der Waals surface area contributed by atoms with Gasteiger partial charge in [0.2, 0.25) is 11.8 Å². The second-order valence-corrected chi connectivity index (χ2v) is 15.4.